The molecule has 1 aliphatic carbocycles. The largest absolute Gasteiger partial charge is 0.468 e. The molecule has 0 saturated heterocycles. The van der Waals surface area contributed by atoms with Crippen LogP contribution in [0.25, 0.3) is 0 Å². The maximum Gasteiger partial charge on any atom is 0.326 e. The number of esters is 1. The molecule has 0 aromatic heterocycles. The minimum absolute atomic E-state index is 0.122. The van der Waals surface area contributed by atoms with Crippen molar-refractivity contribution in [1.82, 2.24) is 10.2 Å². The standard InChI is InChI=1S/C16H32N2O3/c1-6-18(10-11-20-4)14-8-7-9-16(12-14,15(19)21-5)17-13(2)3/h13-14,17H,6-12H2,1-5H3. The Labute approximate surface area is 129 Å². The fourth-order valence-electron chi connectivity index (χ4n) is 3.49. The molecule has 0 aliphatic heterocycles. The average Bonchev–Trinajstić information content (AvgIpc) is 2.46. The lowest BCUT2D eigenvalue weighted by atomic mass is 9.77. The molecule has 0 bridgehead atoms. The van der Waals surface area contributed by atoms with Gasteiger partial charge in [0.1, 0.15) is 5.54 Å². The Morgan fingerprint density at radius 1 is 1.43 bits per heavy atom. The number of carbonyl (C=O) groups is 1. The van der Waals surface area contributed by atoms with Crippen molar-refractivity contribution >= 4 is 5.97 Å². The summed E-state index contributed by atoms with van der Waals surface area (Å²) >= 11 is 0. The highest BCUT2D eigenvalue weighted by molar-refractivity contribution is 5.81. The Kier molecular flexibility index (Phi) is 7.63. The third kappa shape index (κ3) is 4.94. The molecule has 2 unspecified atom stereocenters. The summed E-state index contributed by atoms with van der Waals surface area (Å²) in [5.41, 5.74) is -0.535. The summed E-state index contributed by atoms with van der Waals surface area (Å²) in [5, 5.41) is 3.48. The molecule has 0 amide bonds. The summed E-state index contributed by atoms with van der Waals surface area (Å²) in [6, 6.07) is 0.668. The fourth-order valence-corrected chi connectivity index (χ4v) is 3.49. The number of carbonyl (C=O) groups excluding carboxylic acids is 1. The fraction of sp³-hybridized carbons (Fsp3) is 0.938. The second-order valence-corrected chi connectivity index (χ2v) is 6.24. The highest BCUT2D eigenvalue weighted by Crippen LogP contribution is 2.32. The van der Waals surface area contributed by atoms with Gasteiger partial charge in [0.05, 0.1) is 13.7 Å². The molecular formula is C16H32N2O3. The third-order valence-electron chi connectivity index (χ3n) is 4.37. The van der Waals surface area contributed by atoms with Gasteiger partial charge in [0, 0.05) is 25.7 Å². The predicted molar refractivity (Wildman–Crippen MR) is 84.4 cm³/mol. The minimum Gasteiger partial charge on any atom is -0.468 e. The zero-order valence-corrected chi connectivity index (χ0v) is 14.3. The van der Waals surface area contributed by atoms with Gasteiger partial charge in [-0.3, -0.25) is 15.0 Å². The molecule has 124 valence electrons. The highest BCUT2D eigenvalue weighted by atomic mass is 16.5. The number of ether oxygens (including phenoxy) is 2. The number of nitrogens with one attached hydrogen (secondary N) is 1. The molecule has 1 N–H and O–H groups in total. The quantitative estimate of drug-likeness (QED) is 0.693. The lowest BCUT2D eigenvalue weighted by molar-refractivity contribution is -0.151. The SMILES string of the molecule is CCN(CCOC)C1CCCC(NC(C)C)(C(=O)OC)C1. The van der Waals surface area contributed by atoms with Crippen molar-refractivity contribution in [2.45, 2.75) is 64.1 Å². The van der Waals surface area contributed by atoms with E-state index in [1.54, 1.807) is 7.11 Å². The monoisotopic (exact) mass is 300 g/mol. The molecule has 0 radical (unpaired) electrons. The number of rotatable bonds is 8. The van der Waals surface area contributed by atoms with Gasteiger partial charge in [0.15, 0.2) is 0 Å². The predicted octanol–water partition coefficient (Wildman–Crippen LogP) is 1.81. The van der Waals surface area contributed by atoms with Gasteiger partial charge < -0.3 is 9.47 Å². The van der Waals surface area contributed by atoms with Gasteiger partial charge in [0.2, 0.25) is 0 Å². The molecule has 1 aliphatic rings. The first kappa shape index (κ1) is 18.4. The summed E-state index contributed by atoms with van der Waals surface area (Å²) in [6.07, 6.45) is 3.85. The van der Waals surface area contributed by atoms with E-state index in [1.165, 1.54) is 7.11 Å². The van der Waals surface area contributed by atoms with E-state index in [1.807, 2.05) is 0 Å². The number of methoxy groups -OCH3 is 2. The zero-order valence-electron chi connectivity index (χ0n) is 14.3. The molecule has 5 heteroatoms. The Morgan fingerprint density at radius 3 is 2.67 bits per heavy atom. The van der Waals surface area contributed by atoms with Gasteiger partial charge in [-0.1, -0.05) is 6.92 Å². The van der Waals surface area contributed by atoms with E-state index < -0.39 is 5.54 Å². The van der Waals surface area contributed by atoms with Crippen LogP contribution >= 0.6 is 0 Å². The topological polar surface area (TPSA) is 50.8 Å². The lowest BCUT2D eigenvalue weighted by Crippen LogP contribution is -2.60. The van der Waals surface area contributed by atoms with Gasteiger partial charge in [-0.05, 0) is 46.1 Å². The van der Waals surface area contributed by atoms with Crippen molar-refractivity contribution in [1.29, 1.82) is 0 Å². The molecule has 1 saturated carbocycles. The van der Waals surface area contributed by atoms with Crippen molar-refractivity contribution < 1.29 is 14.3 Å². The van der Waals surface area contributed by atoms with Crippen LogP contribution < -0.4 is 5.32 Å². The van der Waals surface area contributed by atoms with Crippen LogP contribution in [-0.4, -0.2) is 62.4 Å². The van der Waals surface area contributed by atoms with Gasteiger partial charge >= 0.3 is 5.97 Å². The van der Waals surface area contributed by atoms with Crippen LogP contribution in [0, 0.1) is 0 Å². The van der Waals surface area contributed by atoms with Gasteiger partial charge in [-0.15, -0.1) is 0 Å². The Bertz CT molecular complexity index is 323. The molecule has 0 spiro atoms. The molecule has 0 aromatic rings. The summed E-state index contributed by atoms with van der Waals surface area (Å²) in [6.45, 7) is 8.95. The van der Waals surface area contributed by atoms with E-state index in [0.29, 0.717) is 6.04 Å². The number of likely N-dealkylation sites (N-methyl/N-ethyl adjacent to an activating group) is 1. The first-order valence-corrected chi connectivity index (χ1v) is 8.08. The first-order chi connectivity index (χ1) is 9.99. The van der Waals surface area contributed by atoms with Crippen LogP contribution in [0.5, 0.6) is 0 Å². The average molecular weight is 300 g/mol. The smallest absolute Gasteiger partial charge is 0.326 e. The molecule has 0 heterocycles. The van der Waals surface area contributed by atoms with E-state index in [9.17, 15) is 4.79 Å². The number of hydrogen-bond donors (Lipinski definition) is 1. The molecular weight excluding hydrogens is 268 g/mol. The Hall–Kier alpha value is -0.650. The second kappa shape index (κ2) is 8.71. The van der Waals surface area contributed by atoms with Crippen LogP contribution in [0.2, 0.25) is 0 Å². The molecule has 21 heavy (non-hydrogen) atoms. The van der Waals surface area contributed by atoms with E-state index in [-0.39, 0.29) is 12.0 Å². The minimum atomic E-state index is -0.535. The molecule has 5 nitrogen and oxygen atoms in total. The Balaban J connectivity index is 2.83. The molecule has 1 rings (SSSR count). The van der Waals surface area contributed by atoms with E-state index in [4.69, 9.17) is 9.47 Å². The lowest BCUT2D eigenvalue weighted by Gasteiger charge is -2.44. The van der Waals surface area contributed by atoms with Crippen LogP contribution in [0.15, 0.2) is 0 Å². The van der Waals surface area contributed by atoms with Crippen LogP contribution in [0.4, 0.5) is 0 Å². The third-order valence-corrected chi connectivity index (χ3v) is 4.37. The van der Waals surface area contributed by atoms with Crippen molar-refractivity contribution in [3.8, 4) is 0 Å². The van der Waals surface area contributed by atoms with E-state index >= 15 is 0 Å². The van der Waals surface area contributed by atoms with Crippen molar-refractivity contribution in [2.75, 3.05) is 33.9 Å². The van der Waals surface area contributed by atoms with Gasteiger partial charge in [-0.25, -0.2) is 0 Å². The zero-order chi connectivity index (χ0) is 15.9. The second-order valence-electron chi connectivity index (χ2n) is 6.24. The number of hydrogen-bond acceptors (Lipinski definition) is 5. The maximum atomic E-state index is 12.4. The van der Waals surface area contributed by atoms with Crippen molar-refractivity contribution in [3.05, 3.63) is 0 Å². The maximum absolute atomic E-state index is 12.4. The number of nitrogens with zero attached hydrogens (tertiary/aromatic N) is 1. The van der Waals surface area contributed by atoms with Crippen LogP contribution in [0.1, 0.15) is 46.5 Å². The normalized spacial score (nSPS) is 26.3. The first-order valence-electron chi connectivity index (χ1n) is 8.08. The van der Waals surface area contributed by atoms with Crippen LogP contribution in [0.3, 0.4) is 0 Å². The summed E-state index contributed by atoms with van der Waals surface area (Å²) in [4.78, 5) is 14.8. The van der Waals surface area contributed by atoms with Crippen molar-refractivity contribution in [2.24, 2.45) is 0 Å². The van der Waals surface area contributed by atoms with Crippen LogP contribution in [-0.2, 0) is 14.3 Å². The van der Waals surface area contributed by atoms with E-state index in [2.05, 4.69) is 31.0 Å². The summed E-state index contributed by atoms with van der Waals surface area (Å²) < 4.78 is 10.3. The molecule has 0 aromatic carbocycles. The molecule has 2 atom stereocenters. The summed E-state index contributed by atoms with van der Waals surface area (Å²) in [5.74, 6) is -0.122. The van der Waals surface area contributed by atoms with Crippen molar-refractivity contribution in [3.63, 3.8) is 0 Å². The summed E-state index contributed by atoms with van der Waals surface area (Å²) in [7, 11) is 3.21. The van der Waals surface area contributed by atoms with Gasteiger partial charge in [-0.2, -0.15) is 0 Å². The van der Waals surface area contributed by atoms with Gasteiger partial charge in [0.25, 0.3) is 0 Å². The van der Waals surface area contributed by atoms with E-state index in [0.717, 1.165) is 45.4 Å². The molecule has 1 fully saturated rings. The highest BCUT2D eigenvalue weighted by Gasteiger charge is 2.45. The Morgan fingerprint density at radius 2 is 2.14 bits per heavy atom.